The van der Waals surface area contributed by atoms with Crippen molar-refractivity contribution >= 4 is 0 Å². The second-order valence-corrected chi connectivity index (χ2v) is 7.92. The Labute approximate surface area is 130 Å². The molecule has 0 amide bonds. The van der Waals surface area contributed by atoms with Crippen LogP contribution in [0.4, 0.5) is 0 Å². The van der Waals surface area contributed by atoms with Crippen LogP contribution in [-0.4, -0.2) is 36.1 Å². The zero-order chi connectivity index (χ0) is 14.9. The lowest BCUT2D eigenvalue weighted by Gasteiger charge is -2.37. The minimum atomic E-state index is -0.199. The molecule has 2 saturated carbocycles. The molecular weight excluding hydrogens is 258 g/mol. The van der Waals surface area contributed by atoms with E-state index in [4.69, 9.17) is 0 Å². The van der Waals surface area contributed by atoms with Gasteiger partial charge in [0.1, 0.15) is 5.54 Å². The summed E-state index contributed by atoms with van der Waals surface area (Å²) in [4.78, 5) is 2.64. The molecule has 1 N–H and O–H groups in total. The first-order chi connectivity index (χ1) is 10.1. The van der Waals surface area contributed by atoms with Crippen molar-refractivity contribution in [2.45, 2.75) is 70.4 Å². The number of piperidine rings is 1. The van der Waals surface area contributed by atoms with Crippen molar-refractivity contribution in [1.82, 2.24) is 10.2 Å². The molecule has 0 aromatic rings. The molecule has 4 unspecified atom stereocenters. The van der Waals surface area contributed by atoms with E-state index in [0.717, 1.165) is 18.3 Å². The molecule has 2 aliphatic carbocycles. The zero-order valence-electron chi connectivity index (χ0n) is 13.8. The van der Waals surface area contributed by atoms with Gasteiger partial charge in [0.2, 0.25) is 0 Å². The fraction of sp³-hybridized carbons (Fsp3) is 0.944. The summed E-state index contributed by atoms with van der Waals surface area (Å²) in [5, 5.41) is 13.4. The Kier molecular flexibility index (Phi) is 4.57. The molecule has 1 saturated heterocycles. The van der Waals surface area contributed by atoms with Crippen molar-refractivity contribution in [2.24, 2.45) is 17.8 Å². The van der Waals surface area contributed by atoms with Gasteiger partial charge in [-0.1, -0.05) is 20.3 Å². The molecule has 4 atom stereocenters. The Morgan fingerprint density at radius 3 is 2.67 bits per heavy atom. The molecule has 3 nitrogen and oxygen atoms in total. The summed E-state index contributed by atoms with van der Waals surface area (Å²) >= 11 is 0. The van der Waals surface area contributed by atoms with Crippen molar-refractivity contribution < 1.29 is 0 Å². The van der Waals surface area contributed by atoms with Gasteiger partial charge in [0, 0.05) is 12.6 Å². The van der Waals surface area contributed by atoms with E-state index >= 15 is 0 Å². The van der Waals surface area contributed by atoms with Crippen molar-refractivity contribution in [2.75, 3.05) is 19.6 Å². The van der Waals surface area contributed by atoms with Crippen LogP contribution in [0, 0.1) is 29.1 Å². The molecule has 0 bridgehead atoms. The van der Waals surface area contributed by atoms with Crippen LogP contribution in [0.15, 0.2) is 0 Å². The molecule has 3 heteroatoms. The SMILES string of the molecule is CC1CCN(CCC2CCCC2(C#N)NC2CC2)CC1C. The lowest BCUT2D eigenvalue weighted by atomic mass is 9.84. The maximum Gasteiger partial charge on any atom is 0.109 e. The lowest BCUT2D eigenvalue weighted by Crippen LogP contribution is -2.49. The van der Waals surface area contributed by atoms with E-state index in [0.29, 0.717) is 12.0 Å². The third-order valence-electron chi connectivity index (χ3n) is 6.27. The molecule has 0 spiro atoms. The molecule has 3 aliphatic rings. The van der Waals surface area contributed by atoms with Crippen LogP contribution < -0.4 is 5.32 Å². The first-order valence-corrected chi connectivity index (χ1v) is 9.04. The van der Waals surface area contributed by atoms with Crippen LogP contribution >= 0.6 is 0 Å². The largest absolute Gasteiger partial charge is 0.303 e. The average molecular weight is 289 g/mol. The Morgan fingerprint density at radius 1 is 1.19 bits per heavy atom. The van der Waals surface area contributed by atoms with E-state index in [1.165, 1.54) is 58.2 Å². The van der Waals surface area contributed by atoms with Gasteiger partial charge in [-0.05, 0) is 69.4 Å². The van der Waals surface area contributed by atoms with Crippen LogP contribution in [0.1, 0.15) is 58.8 Å². The Balaban J connectivity index is 1.53. The summed E-state index contributed by atoms with van der Waals surface area (Å²) in [5.74, 6) is 2.27. The van der Waals surface area contributed by atoms with Gasteiger partial charge in [-0.25, -0.2) is 0 Å². The highest BCUT2D eigenvalue weighted by Gasteiger charge is 2.45. The van der Waals surface area contributed by atoms with Gasteiger partial charge in [-0.2, -0.15) is 5.26 Å². The predicted octanol–water partition coefficient (Wildman–Crippen LogP) is 3.17. The molecule has 21 heavy (non-hydrogen) atoms. The van der Waals surface area contributed by atoms with Crippen LogP contribution in [0.2, 0.25) is 0 Å². The average Bonchev–Trinajstić information content (AvgIpc) is 3.20. The molecule has 118 valence electrons. The quantitative estimate of drug-likeness (QED) is 0.845. The molecular formula is C18H31N3. The van der Waals surface area contributed by atoms with E-state index in [1.54, 1.807) is 0 Å². The third-order valence-corrected chi connectivity index (χ3v) is 6.27. The molecule has 0 aromatic heterocycles. The fourth-order valence-corrected chi connectivity index (χ4v) is 4.32. The fourth-order valence-electron chi connectivity index (χ4n) is 4.32. The summed E-state index contributed by atoms with van der Waals surface area (Å²) < 4.78 is 0. The zero-order valence-corrected chi connectivity index (χ0v) is 13.8. The van der Waals surface area contributed by atoms with E-state index in [1.807, 2.05) is 0 Å². The number of likely N-dealkylation sites (tertiary alicyclic amines) is 1. The van der Waals surface area contributed by atoms with E-state index in [2.05, 4.69) is 30.1 Å². The molecule has 1 heterocycles. The maximum atomic E-state index is 9.75. The number of hydrogen-bond acceptors (Lipinski definition) is 3. The summed E-state index contributed by atoms with van der Waals surface area (Å²) in [7, 11) is 0. The van der Waals surface area contributed by atoms with Gasteiger partial charge in [0.15, 0.2) is 0 Å². The van der Waals surface area contributed by atoms with Crippen molar-refractivity contribution in [3.63, 3.8) is 0 Å². The van der Waals surface area contributed by atoms with Crippen LogP contribution in [0.25, 0.3) is 0 Å². The summed E-state index contributed by atoms with van der Waals surface area (Å²) in [6.07, 6.45) is 8.63. The highest BCUT2D eigenvalue weighted by atomic mass is 15.1. The van der Waals surface area contributed by atoms with Gasteiger partial charge in [-0.15, -0.1) is 0 Å². The van der Waals surface area contributed by atoms with Crippen LogP contribution in [0.3, 0.4) is 0 Å². The minimum absolute atomic E-state index is 0.199. The first kappa shape index (κ1) is 15.3. The van der Waals surface area contributed by atoms with Gasteiger partial charge < -0.3 is 4.90 Å². The minimum Gasteiger partial charge on any atom is -0.303 e. The van der Waals surface area contributed by atoms with Crippen molar-refractivity contribution in [1.29, 1.82) is 5.26 Å². The van der Waals surface area contributed by atoms with E-state index in [9.17, 15) is 5.26 Å². The summed E-state index contributed by atoms with van der Waals surface area (Å²) in [6, 6.07) is 3.31. The van der Waals surface area contributed by atoms with E-state index in [-0.39, 0.29) is 5.54 Å². The second kappa shape index (κ2) is 6.26. The lowest BCUT2D eigenvalue weighted by molar-refractivity contribution is 0.126. The second-order valence-electron chi connectivity index (χ2n) is 7.92. The normalized spacial score (nSPS) is 41.1. The van der Waals surface area contributed by atoms with Gasteiger partial charge in [0.05, 0.1) is 6.07 Å². The van der Waals surface area contributed by atoms with Gasteiger partial charge in [-0.3, -0.25) is 5.32 Å². The number of nitrogens with zero attached hydrogens (tertiary/aromatic N) is 2. The number of nitrogens with one attached hydrogen (secondary N) is 1. The Bertz CT molecular complexity index is 398. The molecule has 0 aromatic carbocycles. The van der Waals surface area contributed by atoms with Crippen molar-refractivity contribution in [3.8, 4) is 6.07 Å². The van der Waals surface area contributed by atoms with Crippen molar-refractivity contribution in [3.05, 3.63) is 0 Å². The standard InChI is InChI=1S/C18H31N3/c1-14-7-10-21(12-15(14)2)11-8-16-4-3-9-18(16,13-19)20-17-5-6-17/h14-17,20H,3-12H2,1-2H3. The summed E-state index contributed by atoms with van der Waals surface area (Å²) in [5.41, 5.74) is -0.199. The molecule has 3 rings (SSSR count). The summed E-state index contributed by atoms with van der Waals surface area (Å²) in [6.45, 7) is 8.48. The number of hydrogen-bond donors (Lipinski definition) is 1. The predicted molar refractivity (Wildman–Crippen MR) is 85.8 cm³/mol. The number of rotatable bonds is 5. The highest BCUT2D eigenvalue weighted by molar-refractivity contribution is 5.16. The van der Waals surface area contributed by atoms with Gasteiger partial charge in [0.25, 0.3) is 0 Å². The third kappa shape index (κ3) is 3.43. The smallest absolute Gasteiger partial charge is 0.109 e. The Morgan fingerprint density at radius 2 is 2.00 bits per heavy atom. The monoisotopic (exact) mass is 289 g/mol. The molecule has 0 radical (unpaired) electrons. The molecule has 1 aliphatic heterocycles. The van der Waals surface area contributed by atoms with Crippen LogP contribution in [0.5, 0.6) is 0 Å². The Hall–Kier alpha value is -0.590. The highest BCUT2D eigenvalue weighted by Crippen LogP contribution is 2.40. The van der Waals surface area contributed by atoms with Gasteiger partial charge >= 0.3 is 0 Å². The maximum absolute atomic E-state index is 9.75. The topological polar surface area (TPSA) is 39.1 Å². The van der Waals surface area contributed by atoms with E-state index < -0.39 is 0 Å². The number of nitriles is 1. The first-order valence-electron chi connectivity index (χ1n) is 9.04. The van der Waals surface area contributed by atoms with Crippen LogP contribution in [-0.2, 0) is 0 Å². The molecule has 3 fully saturated rings.